The van der Waals surface area contributed by atoms with Gasteiger partial charge in [-0.15, -0.1) is 0 Å². The molecule has 0 aromatic heterocycles. The highest BCUT2D eigenvalue weighted by molar-refractivity contribution is 5.78. The highest BCUT2D eigenvalue weighted by Crippen LogP contribution is 2.03. The minimum atomic E-state index is -0.967. The van der Waals surface area contributed by atoms with Gasteiger partial charge < -0.3 is 15.5 Å². The first-order valence-corrected chi connectivity index (χ1v) is 2.74. The van der Waals surface area contributed by atoms with Gasteiger partial charge in [-0.2, -0.15) is 0 Å². The van der Waals surface area contributed by atoms with Crippen molar-refractivity contribution in [1.29, 1.82) is 0 Å². The smallest absolute Gasteiger partial charge is 0.187 e. The zero-order valence-corrected chi connectivity index (χ0v) is 5.11. The molecule has 0 radical (unpaired) electrons. The first-order valence-electron chi connectivity index (χ1n) is 2.74. The van der Waals surface area contributed by atoms with Crippen molar-refractivity contribution >= 4 is 6.29 Å². The summed E-state index contributed by atoms with van der Waals surface area (Å²) in [7, 11) is 0. The van der Waals surface area contributed by atoms with Crippen molar-refractivity contribution in [3.63, 3.8) is 0 Å². The van der Waals surface area contributed by atoms with E-state index >= 15 is 0 Å². The second-order valence-corrected chi connectivity index (χ2v) is 1.90. The Labute approximate surface area is 57.5 Å². The molecule has 0 spiro atoms. The van der Waals surface area contributed by atoms with E-state index in [-0.39, 0.29) is 11.5 Å². The van der Waals surface area contributed by atoms with Gasteiger partial charge in [-0.25, -0.2) is 0 Å². The minimum Gasteiger partial charge on any atom is -0.495 e. The van der Waals surface area contributed by atoms with E-state index in [1.54, 1.807) is 0 Å². The molecule has 1 aliphatic rings. The van der Waals surface area contributed by atoms with Crippen LogP contribution in [0, 0.1) is 0 Å². The number of carbonyl (C=O) groups excluding carboxylic acids is 1. The van der Waals surface area contributed by atoms with E-state index in [0.717, 1.165) is 0 Å². The number of aldehydes is 1. The molecule has 4 nitrogen and oxygen atoms in total. The van der Waals surface area contributed by atoms with Gasteiger partial charge in [0, 0.05) is 11.6 Å². The van der Waals surface area contributed by atoms with Gasteiger partial charge in [0.15, 0.2) is 5.88 Å². The van der Waals surface area contributed by atoms with E-state index in [1.165, 1.54) is 12.2 Å². The fourth-order valence-corrected chi connectivity index (χ4v) is 0.696. The van der Waals surface area contributed by atoms with Crippen LogP contribution >= 0.6 is 0 Å². The molecule has 1 atom stereocenters. The van der Waals surface area contributed by atoms with Crippen LogP contribution in [0.25, 0.3) is 0 Å². The van der Waals surface area contributed by atoms with E-state index in [2.05, 4.69) is 5.32 Å². The maximum Gasteiger partial charge on any atom is 0.187 e. The minimum absolute atomic E-state index is 0.197. The predicted octanol–water partition coefficient (Wildman–Crippen LogP) is -0.567. The zero-order chi connectivity index (χ0) is 7.56. The van der Waals surface area contributed by atoms with Crippen molar-refractivity contribution in [2.24, 2.45) is 0 Å². The topological polar surface area (TPSA) is 69.6 Å². The second-order valence-electron chi connectivity index (χ2n) is 1.90. The van der Waals surface area contributed by atoms with Crippen LogP contribution in [0.2, 0.25) is 0 Å². The van der Waals surface area contributed by atoms with Crippen molar-refractivity contribution in [1.82, 2.24) is 5.32 Å². The van der Waals surface area contributed by atoms with Gasteiger partial charge in [0.2, 0.25) is 0 Å². The summed E-state index contributed by atoms with van der Waals surface area (Å²) in [5.41, 5.74) is 0.267. The quantitative estimate of drug-likeness (QED) is 0.428. The Hall–Kier alpha value is -1.29. The van der Waals surface area contributed by atoms with Crippen molar-refractivity contribution in [2.75, 3.05) is 0 Å². The molecule has 0 saturated carbocycles. The molecule has 10 heavy (non-hydrogen) atoms. The van der Waals surface area contributed by atoms with Crippen LogP contribution in [0.4, 0.5) is 0 Å². The van der Waals surface area contributed by atoms with Crippen LogP contribution < -0.4 is 5.32 Å². The summed E-state index contributed by atoms with van der Waals surface area (Å²) >= 11 is 0. The Balaban J connectivity index is 2.81. The van der Waals surface area contributed by atoms with Gasteiger partial charge >= 0.3 is 0 Å². The largest absolute Gasteiger partial charge is 0.495 e. The van der Waals surface area contributed by atoms with E-state index < -0.39 is 6.23 Å². The van der Waals surface area contributed by atoms with Crippen molar-refractivity contribution in [2.45, 2.75) is 6.23 Å². The molecule has 1 heterocycles. The number of rotatable bonds is 1. The molecule has 0 aromatic carbocycles. The lowest BCUT2D eigenvalue weighted by Gasteiger charge is -2.13. The third-order valence-electron chi connectivity index (χ3n) is 1.09. The average molecular weight is 141 g/mol. The lowest BCUT2D eigenvalue weighted by atomic mass is 10.2. The van der Waals surface area contributed by atoms with Crippen molar-refractivity contribution < 1.29 is 15.0 Å². The number of aliphatic hydroxyl groups is 2. The molecule has 1 rings (SSSR count). The lowest BCUT2D eigenvalue weighted by molar-refractivity contribution is -0.104. The Morgan fingerprint density at radius 1 is 1.70 bits per heavy atom. The summed E-state index contributed by atoms with van der Waals surface area (Å²) in [6, 6.07) is 0. The molecule has 1 aliphatic heterocycles. The van der Waals surface area contributed by atoms with Gasteiger partial charge in [-0.1, -0.05) is 0 Å². The molecular formula is C6H7NO3. The van der Waals surface area contributed by atoms with Crippen LogP contribution in [0.3, 0.4) is 0 Å². The van der Waals surface area contributed by atoms with Gasteiger partial charge in [-0.3, -0.25) is 4.79 Å². The number of allylic oxidation sites excluding steroid dienone is 2. The SMILES string of the molecule is O=CC1=CC(O)NC(O)=C1. The maximum atomic E-state index is 10.1. The van der Waals surface area contributed by atoms with E-state index in [4.69, 9.17) is 10.2 Å². The number of hydrogen-bond acceptors (Lipinski definition) is 4. The van der Waals surface area contributed by atoms with E-state index in [9.17, 15) is 4.79 Å². The van der Waals surface area contributed by atoms with E-state index in [1.807, 2.05) is 0 Å². The fraction of sp³-hybridized carbons (Fsp3) is 0.167. The first-order chi connectivity index (χ1) is 4.72. The molecule has 0 aromatic rings. The Kier molecular flexibility index (Phi) is 1.73. The number of hydrogen-bond donors (Lipinski definition) is 3. The molecule has 0 aliphatic carbocycles. The molecule has 3 N–H and O–H groups in total. The summed E-state index contributed by atoms with van der Waals surface area (Å²) in [5.74, 6) is -0.197. The van der Waals surface area contributed by atoms with Crippen molar-refractivity contribution in [3.8, 4) is 0 Å². The molecule has 54 valence electrons. The summed E-state index contributed by atoms with van der Waals surface area (Å²) in [6.45, 7) is 0. The first kappa shape index (κ1) is 6.82. The average Bonchev–Trinajstić information content (AvgIpc) is 1.85. The molecule has 1 unspecified atom stereocenters. The fourth-order valence-electron chi connectivity index (χ4n) is 0.696. The normalized spacial score (nSPS) is 24.3. The van der Waals surface area contributed by atoms with Gasteiger partial charge in [0.1, 0.15) is 12.5 Å². The van der Waals surface area contributed by atoms with Crippen molar-refractivity contribution in [3.05, 3.63) is 23.6 Å². The Morgan fingerprint density at radius 3 is 2.90 bits per heavy atom. The van der Waals surface area contributed by atoms with Gasteiger partial charge in [0.05, 0.1) is 0 Å². The van der Waals surface area contributed by atoms with E-state index in [0.29, 0.717) is 6.29 Å². The molecule has 0 fully saturated rings. The number of dihydropyridines is 1. The Bertz CT molecular complexity index is 207. The zero-order valence-electron chi connectivity index (χ0n) is 5.11. The molecular weight excluding hydrogens is 134 g/mol. The summed E-state index contributed by atoms with van der Waals surface area (Å²) in [4.78, 5) is 10.1. The summed E-state index contributed by atoms with van der Waals surface area (Å²) in [5, 5.41) is 19.9. The Morgan fingerprint density at radius 2 is 2.40 bits per heavy atom. The van der Waals surface area contributed by atoms with Crippen LogP contribution in [0.15, 0.2) is 23.6 Å². The number of aliphatic hydroxyl groups excluding tert-OH is 2. The van der Waals surface area contributed by atoms with Crippen LogP contribution in [-0.4, -0.2) is 22.7 Å². The maximum absolute atomic E-state index is 10.1. The third kappa shape index (κ3) is 1.35. The molecule has 4 heteroatoms. The molecule has 0 bridgehead atoms. The van der Waals surface area contributed by atoms with Gasteiger partial charge in [0.25, 0.3) is 0 Å². The monoisotopic (exact) mass is 141 g/mol. The second kappa shape index (κ2) is 2.53. The summed E-state index contributed by atoms with van der Waals surface area (Å²) < 4.78 is 0. The number of nitrogens with one attached hydrogen (secondary N) is 1. The summed E-state index contributed by atoms with van der Waals surface area (Å²) in [6.07, 6.45) is 2.12. The van der Waals surface area contributed by atoms with Crippen LogP contribution in [0.1, 0.15) is 0 Å². The number of carbonyl (C=O) groups is 1. The lowest BCUT2D eigenvalue weighted by Crippen LogP contribution is -2.29. The molecule has 0 saturated heterocycles. The standard InChI is InChI=1S/C6H7NO3/c8-3-4-1-5(9)7-6(10)2-4/h1-3,5,7,9-10H. The van der Waals surface area contributed by atoms with Crippen LogP contribution in [0.5, 0.6) is 0 Å². The van der Waals surface area contributed by atoms with Gasteiger partial charge in [-0.05, 0) is 6.08 Å². The third-order valence-corrected chi connectivity index (χ3v) is 1.09. The highest BCUT2D eigenvalue weighted by atomic mass is 16.3. The highest BCUT2D eigenvalue weighted by Gasteiger charge is 2.08. The molecule has 0 amide bonds. The van der Waals surface area contributed by atoms with Crippen LogP contribution in [-0.2, 0) is 4.79 Å². The predicted molar refractivity (Wildman–Crippen MR) is 34.0 cm³/mol.